The Morgan fingerprint density at radius 2 is 1.82 bits per heavy atom. The van der Waals surface area contributed by atoms with Crippen LogP contribution in [-0.2, 0) is 0 Å². The average molecular weight is 157 g/mol. The fourth-order valence-electron chi connectivity index (χ4n) is 1.31. The molecule has 1 atom stereocenters. The summed E-state index contributed by atoms with van der Waals surface area (Å²) in [7, 11) is 0. The largest absolute Gasteiger partial charge is 0.150 e. The van der Waals surface area contributed by atoms with Crippen molar-refractivity contribution in [1.29, 1.82) is 0 Å². The van der Waals surface area contributed by atoms with Gasteiger partial charge in [-0.3, -0.25) is 0 Å². The van der Waals surface area contributed by atoms with Crippen LogP contribution in [0.1, 0.15) is 52.9 Å². The Kier molecular flexibility index (Phi) is 5.08. The number of unbranched alkanes of at least 4 members (excludes halogenated alkanes) is 1. The fraction of sp³-hybridized carbons (Fsp3) is 1.00. The van der Waals surface area contributed by atoms with E-state index in [1.807, 2.05) is 6.92 Å². The van der Waals surface area contributed by atoms with Crippen molar-refractivity contribution in [2.75, 3.05) is 0 Å². The maximum atomic E-state index is 10.5. The average Bonchev–Trinajstić information content (AvgIpc) is 2.02. The first-order valence-corrected chi connectivity index (χ1v) is 4.53. The summed E-state index contributed by atoms with van der Waals surface area (Å²) < 4.78 is 0. The summed E-state index contributed by atoms with van der Waals surface area (Å²) in [5, 5.41) is 3.20. The van der Waals surface area contributed by atoms with Crippen molar-refractivity contribution < 1.29 is 0 Å². The van der Waals surface area contributed by atoms with Crippen molar-refractivity contribution in [3.05, 3.63) is 4.91 Å². The zero-order chi connectivity index (χ0) is 8.74. The Hall–Kier alpha value is -0.400. The van der Waals surface area contributed by atoms with Crippen LogP contribution in [0.3, 0.4) is 0 Å². The Balaban J connectivity index is 3.77. The smallest absolute Gasteiger partial charge is 0.0998 e. The Bertz CT molecular complexity index is 114. The van der Waals surface area contributed by atoms with Gasteiger partial charge in [0, 0.05) is 0 Å². The lowest BCUT2D eigenvalue weighted by atomic mass is 9.91. The highest BCUT2D eigenvalue weighted by Crippen LogP contribution is 2.23. The van der Waals surface area contributed by atoms with E-state index in [4.69, 9.17) is 0 Å². The van der Waals surface area contributed by atoms with Gasteiger partial charge in [0.05, 0.1) is 5.54 Å². The molecule has 66 valence electrons. The molecule has 0 aromatic carbocycles. The summed E-state index contributed by atoms with van der Waals surface area (Å²) in [5.74, 6) is 0. The molecule has 0 aromatic heterocycles. The van der Waals surface area contributed by atoms with Crippen LogP contribution >= 0.6 is 0 Å². The molecule has 0 N–H and O–H groups in total. The van der Waals surface area contributed by atoms with Crippen LogP contribution in [0.15, 0.2) is 5.18 Å². The first-order valence-electron chi connectivity index (χ1n) is 4.53. The third-order valence-electron chi connectivity index (χ3n) is 2.08. The van der Waals surface area contributed by atoms with Crippen LogP contribution < -0.4 is 0 Å². The molecule has 0 aliphatic carbocycles. The number of nitrogens with zero attached hydrogens (tertiary/aromatic N) is 1. The molecule has 0 bridgehead atoms. The van der Waals surface area contributed by atoms with Crippen LogP contribution in [0, 0.1) is 4.91 Å². The fourth-order valence-corrected chi connectivity index (χ4v) is 1.31. The van der Waals surface area contributed by atoms with Gasteiger partial charge in [0.25, 0.3) is 0 Å². The van der Waals surface area contributed by atoms with E-state index >= 15 is 0 Å². The molecular weight excluding hydrogens is 138 g/mol. The van der Waals surface area contributed by atoms with E-state index in [1.54, 1.807) is 0 Å². The van der Waals surface area contributed by atoms with Gasteiger partial charge < -0.3 is 0 Å². The van der Waals surface area contributed by atoms with Crippen molar-refractivity contribution in [3.8, 4) is 0 Å². The number of hydrogen-bond donors (Lipinski definition) is 0. The highest BCUT2D eigenvalue weighted by molar-refractivity contribution is 4.81. The molecule has 0 aliphatic heterocycles. The number of hydrogen-bond acceptors (Lipinski definition) is 2. The molecule has 0 heterocycles. The van der Waals surface area contributed by atoms with E-state index in [2.05, 4.69) is 19.0 Å². The first-order chi connectivity index (χ1) is 5.18. The van der Waals surface area contributed by atoms with Crippen molar-refractivity contribution in [2.24, 2.45) is 5.18 Å². The molecular formula is C9H19NO. The SMILES string of the molecule is CCCCC(C)(CCC)N=O. The molecule has 0 spiro atoms. The number of rotatable bonds is 6. The minimum Gasteiger partial charge on any atom is -0.150 e. The molecule has 11 heavy (non-hydrogen) atoms. The van der Waals surface area contributed by atoms with Crippen LogP contribution in [0.5, 0.6) is 0 Å². The van der Waals surface area contributed by atoms with Gasteiger partial charge in [-0.1, -0.05) is 38.3 Å². The van der Waals surface area contributed by atoms with Crippen molar-refractivity contribution in [1.82, 2.24) is 0 Å². The first kappa shape index (κ1) is 10.6. The molecule has 0 aliphatic rings. The van der Waals surface area contributed by atoms with E-state index in [1.165, 1.54) is 0 Å². The molecule has 0 radical (unpaired) electrons. The van der Waals surface area contributed by atoms with Crippen LogP contribution in [-0.4, -0.2) is 5.54 Å². The number of nitroso groups, excluding NO2 is 1. The van der Waals surface area contributed by atoms with Gasteiger partial charge in [-0.2, -0.15) is 4.91 Å². The van der Waals surface area contributed by atoms with Crippen molar-refractivity contribution >= 4 is 0 Å². The van der Waals surface area contributed by atoms with E-state index < -0.39 is 0 Å². The van der Waals surface area contributed by atoms with Crippen molar-refractivity contribution in [3.63, 3.8) is 0 Å². The second kappa shape index (κ2) is 5.28. The molecule has 0 saturated carbocycles. The van der Waals surface area contributed by atoms with E-state index in [0.29, 0.717) is 0 Å². The highest BCUT2D eigenvalue weighted by atomic mass is 16.3. The molecule has 0 saturated heterocycles. The van der Waals surface area contributed by atoms with Crippen molar-refractivity contribution in [2.45, 2.75) is 58.4 Å². The maximum absolute atomic E-state index is 10.5. The highest BCUT2D eigenvalue weighted by Gasteiger charge is 2.22. The maximum Gasteiger partial charge on any atom is 0.0998 e. The molecule has 2 heteroatoms. The minimum atomic E-state index is -0.287. The Morgan fingerprint density at radius 1 is 1.18 bits per heavy atom. The summed E-state index contributed by atoms with van der Waals surface area (Å²) >= 11 is 0. The lowest BCUT2D eigenvalue weighted by Gasteiger charge is -2.19. The van der Waals surface area contributed by atoms with Gasteiger partial charge in [-0.05, 0) is 19.8 Å². The minimum absolute atomic E-state index is 0.287. The molecule has 0 rings (SSSR count). The molecule has 0 amide bonds. The third-order valence-corrected chi connectivity index (χ3v) is 2.08. The van der Waals surface area contributed by atoms with Crippen LogP contribution in [0.25, 0.3) is 0 Å². The quantitative estimate of drug-likeness (QED) is 0.542. The van der Waals surface area contributed by atoms with E-state index in [0.717, 1.165) is 32.1 Å². The monoisotopic (exact) mass is 157 g/mol. The van der Waals surface area contributed by atoms with Crippen LogP contribution in [0.4, 0.5) is 0 Å². The normalized spacial score (nSPS) is 15.9. The molecule has 1 unspecified atom stereocenters. The molecule has 0 fully saturated rings. The lowest BCUT2D eigenvalue weighted by molar-refractivity contribution is 0.384. The van der Waals surface area contributed by atoms with E-state index in [9.17, 15) is 4.91 Å². The second-order valence-electron chi connectivity index (χ2n) is 3.44. The third kappa shape index (κ3) is 4.12. The van der Waals surface area contributed by atoms with Gasteiger partial charge in [0.15, 0.2) is 0 Å². The summed E-state index contributed by atoms with van der Waals surface area (Å²) in [6.07, 6.45) is 5.18. The van der Waals surface area contributed by atoms with Gasteiger partial charge >= 0.3 is 0 Å². The summed E-state index contributed by atoms with van der Waals surface area (Å²) in [5.41, 5.74) is -0.287. The summed E-state index contributed by atoms with van der Waals surface area (Å²) in [4.78, 5) is 10.5. The predicted octanol–water partition coefficient (Wildman–Crippen LogP) is 3.50. The van der Waals surface area contributed by atoms with E-state index in [-0.39, 0.29) is 5.54 Å². The Morgan fingerprint density at radius 3 is 2.18 bits per heavy atom. The Labute approximate surface area is 69.4 Å². The predicted molar refractivity (Wildman–Crippen MR) is 48.6 cm³/mol. The lowest BCUT2D eigenvalue weighted by Crippen LogP contribution is -2.20. The topological polar surface area (TPSA) is 29.4 Å². The molecule has 0 aromatic rings. The van der Waals surface area contributed by atoms with Gasteiger partial charge in [0.1, 0.15) is 0 Å². The second-order valence-corrected chi connectivity index (χ2v) is 3.44. The molecule has 2 nitrogen and oxygen atoms in total. The van der Waals surface area contributed by atoms with Gasteiger partial charge in [-0.25, -0.2) is 0 Å². The zero-order valence-corrected chi connectivity index (χ0v) is 7.89. The van der Waals surface area contributed by atoms with Crippen LogP contribution in [0.2, 0.25) is 0 Å². The van der Waals surface area contributed by atoms with Gasteiger partial charge in [-0.15, -0.1) is 0 Å². The van der Waals surface area contributed by atoms with Gasteiger partial charge in [0.2, 0.25) is 0 Å². The zero-order valence-electron chi connectivity index (χ0n) is 7.89. The summed E-state index contributed by atoms with van der Waals surface area (Å²) in [6, 6.07) is 0. The summed E-state index contributed by atoms with van der Waals surface area (Å²) in [6.45, 7) is 6.19. The standard InChI is InChI=1S/C9H19NO/c1-4-6-8-9(3,10-11)7-5-2/h4-8H2,1-3H3.